The first-order valence-electron chi connectivity index (χ1n) is 10.6. The summed E-state index contributed by atoms with van der Waals surface area (Å²) in [6.07, 6.45) is 5.24. The highest BCUT2D eigenvalue weighted by Gasteiger charge is 2.22. The van der Waals surface area contributed by atoms with Gasteiger partial charge in [-0.2, -0.15) is 5.10 Å². The van der Waals surface area contributed by atoms with Crippen molar-refractivity contribution in [3.8, 4) is 16.9 Å². The summed E-state index contributed by atoms with van der Waals surface area (Å²) in [5.41, 5.74) is 7.01. The lowest BCUT2D eigenvalue weighted by atomic mass is 10.1. The Labute approximate surface area is 187 Å². The van der Waals surface area contributed by atoms with E-state index in [1.165, 1.54) is 12.3 Å². The maximum Gasteiger partial charge on any atom is 0.268 e. The minimum atomic E-state index is -0.868. The molecule has 0 radical (unpaired) electrons. The lowest BCUT2D eigenvalue weighted by molar-refractivity contribution is 0.0819. The second-order valence-electron chi connectivity index (χ2n) is 7.97. The van der Waals surface area contributed by atoms with Crippen molar-refractivity contribution >= 4 is 22.4 Å². The average molecular weight is 452 g/mol. The molecule has 0 saturated carbocycles. The van der Waals surface area contributed by atoms with E-state index in [0.29, 0.717) is 16.8 Å². The van der Waals surface area contributed by atoms with Crippen LogP contribution < -0.4 is 16.2 Å². The number of fused-ring (bicyclic) bond motifs is 1. The Kier molecular flexibility index (Phi) is 5.29. The zero-order valence-corrected chi connectivity index (χ0v) is 17.9. The van der Waals surface area contributed by atoms with Crippen LogP contribution in [-0.2, 0) is 4.74 Å². The average Bonchev–Trinajstić information content (AvgIpc) is 3.22. The fourth-order valence-electron chi connectivity index (χ4n) is 4.30. The number of nitrogens with one attached hydrogen (secondary N) is 1. The Bertz CT molecular complexity index is 1350. The summed E-state index contributed by atoms with van der Waals surface area (Å²) >= 11 is 0. The number of H-pyrrole nitrogens is 1. The van der Waals surface area contributed by atoms with Gasteiger partial charge in [-0.15, -0.1) is 0 Å². The summed E-state index contributed by atoms with van der Waals surface area (Å²) in [6, 6.07) is 7.15. The minimum Gasteiger partial charge on any atom is -0.382 e. The number of rotatable bonds is 4. The zero-order valence-electron chi connectivity index (χ0n) is 17.9. The third kappa shape index (κ3) is 3.62. The molecular weight excluding hydrogens is 430 g/mol. The largest absolute Gasteiger partial charge is 0.382 e. The molecule has 1 aromatic carbocycles. The van der Waals surface area contributed by atoms with E-state index < -0.39 is 22.9 Å². The Balaban J connectivity index is 1.60. The molecule has 3 aromatic heterocycles. The molecule has 0 atom stereocenters. The van der Waals surface area contributed by atoms with E-state index in [4.69, 9.17) is 10.5 Å². The number of nitrogens with zero attached hydrogens (tertiary/aromatic N) is 4. The van der Waals surface area contributed by atoms with E-state index in [0.717, 1.165) is 48.3 Å². The van der Waals surface area contributed by atoms with E-state index in [-0.39, 0.29) is 17.3 Å². The van der Waals surface area contributed by atoms with Crippen molar-refractivity contribution in [3.05, 3.63) is 64.7 Å². The molecule has 4 heterocycles. The zero-order chi connectivity index (χ0) is 23.1. The van der Waals surface area contributed by atoms with Crippen LogP contribution in [0.2, 0.25) is 0 Å². The van der Waals surface area contributed by atoms with Crippen LogP contribution in [0.25, 0.3) is 27.8 Å². The van der Waals surface area contributed by atoms with Gasteiger partial charge < -0.3 is 15.4 Å². The normalized spacial score (nSPS) is 14.8. The molecule has 0 spiro atoms. The van der Waals surface area contributed by atoms with Gasteiger partial charge in [0.05, 0.1) is 29.2 Å². The van der Waals surface area contributed by atoms with E-state index in [2.05, 4.69) is 20.1 Å². The summed E-state index contributed by atoms with van der Waals surface area (Å²) < 4.78 is 35.4. The number of ether oxygens (including phenoxy) is 1. The molecule has 5 rings (SSSR count). The van der Waals surface area contributed by atoms with Gasteiger partial charge >= 0.3 is 0 Å². The first-order valence-corrected chi connectivity index (χ1v) is 10.6. The fraction of sp³-hybridized carbons (Fsp3) is 0.261. The highest BCUT2D eigenvalue weighted by Crippen LogP contribution is 2.30. The van der Waals surface area contributed by atoms with E-state index in [9.17, 15) is 13.6 Å². The van der Waals surface area contributed by atoms with Crippen LogP contribution in [0.4, 0.5) is 20.3 Å². The lowest BCUT2D eigenvalue weighted by Gasteiger charge is -2.32. The molecule has 0 aliphatic carbocycles. The fourth-order valence-corrected chi connectivity index (χ4v) is 4.30. The molecule has 1 aliphatic heterocycles. The minimum absolute atomic E-state index is 0.0441. The van der Waals surface area contributed by atoms with Gasteiger partial charge in [0.2, 0.25) is 0 Å². The van der Waals surface area contributed by atoms with Crippen LogP contribution >= 0.6 is 0 Å². The van der Waals surface area contributed by atoms with Gasteiger partial charge in [-0.25, -0.2) is 8.78 Å². The molecular formula is C23H22F2N6O2. The summed E-state index contributed by atoms with van der Waals surface area (Å²) in [4.78, 5) is 19.9. The van der Waals surface area contributed by atoms with Crippen LogP contribution in [0.1, 0.15) is 12.8 Å². The molecule has 0 bridgehead atoms. The Hall–Kier alpha value is -3.79. The number of benzene rings is 1. The third-order valence-corrected chi connectivity index (χ3v) is 6.10. The second kappa shape index (κ2) is 8.28. The molecule has 10 heteroatoms. The number of hydrogen-bond donors (Lipinski definition) is 2. The molecule has 170 valence electrons. The molecule has 3 N–H and O–H groups in total. The second-order valence-corrected chi connectivity index (χ2v) is 7.97. The molecule has 1 fully saturated rings. The number of nitrogens with two attached hydrogens (primary N) is 1. The van der Waals surface area contributed by atoms with Crippen molar-refractivity contribution in [2.45, 2.75) is 18.9 Å². The highest BCUT2D eigenvalue weighted by molar-refractivity contribution is 5.97. The SMILES string of the molecule is COC1CCN(c2ccc(-c3cn(-c4c(F)cccc4F)c(=O)c4c(N)n[nH]c34)nc2)CC1. The quantitative estimate of drug-likeness (QED) is 0.493. The van der Waals surface area contributed by atoms with Gasteiger partial charge in [0.15, 0.2) is 5.82 Å². The monoisotopic (exact) mass is 452 g/mol. The van der Waals surface area contributed by atoms with Gasteiger partial charge in [0.1, 0.15) is 22.7 Å². The smallest absolute Gasteiger partial charge is 0.268 e. The van der Waals surface area contributed by atoms with Crippen LogP contribution in [0.3, 0.4) is 0 Å². The van der Waals surface area contributed by atoms with Gasteiger partial charge in [-0.05, 0) is 37.1 Å². The van der Waals surface area contributed by atoms with Crippen molar-refractivity contribution in [1.82, 2.24) is 19.7 Å². The Morgan fingerprint density at radius 3 is 2.52 bits per heavy atom. The Morgan fingerprint density at radius 2 is 1.88 bits per heavy atom. The molecule has 1 aliphatic rings. The summed E-state index contributed by atoms with van der Waals surface area (Å²) in [5, 5.41) is 6.73. The summed E-state index contributed by atoms with van der Waals surface area (Å²) in [5.74, 6) is -1.79. The van der Waals surface area contributed by atoms with Crippen molar-refractivity contribution in [2.75, 3.05) is 30.8 Å². The molecule has 1 saturated heterocycles. The van der Waals surface area contributed by atoms with Crippen LogP contribution in [0, 0.1) is 11.6 Å². The number of halogens is 2. The van der Waals surface area contributed by atoms with Crippen molar-refractivity contribution < 1.29 is 13.5 Å². The molecule has 0 amide bonds. The van der Waals surface area contributed by atoms with Gasteiger partial charge in [0.25, 0.3) is 5.56 Å². The number of pyridine rings is 2. The maximum absolute atomic E-state index is 14.5. The van der Waals surface area contributed by atoms with Crippen LogP contribution in [-0.4, -0.2) is 46.1 Å². The number of methoxy groups -OCH3 is 1. The van der Waals surface area contributed by atoms with Gasteiger partial charge in [-0.3, -0.25) is 19.4 Å². The third-order valence-electron chi connectivity index (χ3n) is 6.10. The standard InChI is InChI=1S/C23H22F2N6O2/c1-33-14-7-9-30(10-8-14)13-5-6-18(27-11-13)15-12-31(21-16(24)3-2-4-17(21)25)23(32)19-20(15)28-29-22(19)26/h2-6,11-12,14H,7-10H2,1H3,(H3,26,28,29). The van der Waals surface area contributed by atoms with E-state index >= 15 is 0 Å². The van der Waals surface area contributed by atoms with Crippen molar-refractivity contribution in [3.63, 3.8) is 0 Å². The molecule has 8 nitrogen and oxygen atoms in total. The van der Waals surface area contributed by atoms with Crippen molar-refractivity contribution in [2.24, 2.45) is 0 Å². The first kappa shape index (κ1) is 21.1. The Morgan fingerprint density at radius 1 is 1.15 bits per heavy atom. The van der Waals surface area contributed by atoms with Gasteiger partial charge in [0, 0.05) is 32.0 Å². The summed E-state index contributed by atoms with van der Waals surface area (Å²) in [7, 11) is 1.73. The lowest BCUT2D eigenvalue weighted by Crippen LogP contribution is -2.36. The summed E-state index contributed by atoms with van der Waals surface area (Å²) in [6.45, 7) is 1.72. The highest BCUT2D eigenvalue weighted by atomic mass is 19.1. The van der Waals surface area contributed by atoms with E-state index in [1.807, 2.05) is 6.07 Å². The number of hydrogen-bond acceptors (Lipinski definition) is 6. The molecule has 4 aromatic rings. The number of anilines is 2. The predicted molar refractivity (Wildman–Crippen MR) is 121 cm³/mol. The molecule has 0 unspecified atom stereocenters. The number of aromatic nitrogens is 4. The number of para-hydroxylation sites is 1. The molecule has 33 heavy (non-hydrogen) atoms. The van der Waals surface area contributed by atoms with E-state index in [1.54, 1.807) is 19.4 Å². The topological polar surface area (TPSA) is 102 Å². The maximum atomic E-state index is 14.5. The van der Waals surface area contributed by atoms with Crippen LogP contribution in [0.5, 0.6) is 0 Å². The van der Waals surface area contributed by atoms with Crippen LogP contribution in [0.15, 0.2) is 47.5 Å². The first-order chi connectivity index (χ1) is 16.0. The number of piperidine rings is 1. The van der Waals surface area contributed by atoms with Crippen molar-refractivity contribution in [1.29, 1.82) is 0 Å². The number of nitrogen functional groups attached to an aromatic ring is 1. The number of aromatic amines is 1. The predicted octanol–water partition coefficient (Wildman–Crippen LogP) is 3.25. The van der Waals surface area contributed by atoms with Gasteiger partial charge in [-0.1, -0.05) is 6.07 Å².